The summed E-state index contributed by atoms with van der Waals surface area (Å²) in [6, 6.07) is 19.6. The normalized spacial score (nSPS) is 13.0. The summed E-state index contributed by atoms with van der Waals surface area (Å²) in [5.74, 6) is -2.02. The number of pyridine rings is 1. The first-order chi connectivity index (χ1) is 16.3. The monoisotopic (exact) mass is 459 g/mol. The molecular formula is C26H25N3O5. The zero-order valence-electron chi connectivity index (χ0n) is 18.8. The van der Waals surface area contributed by atoms with Gasteiger partial charge in [0.05, 0.1) is 0 Å². The van der Waals surface area contributed by atoms with Crippen molar-refractivity contribution < 1.29 is 24.2 Å². The van der Waals surface area contributed by atoms with Crippen LogP contribution >= 0.6 is 0 Å². The molecule has 0 aliphatic heterocycles. The van der Waals surface area contributed by atoms with Gasteiger partial charge in [0.1, 0.15) is 24.2 Å². The molecule has 3 N–H and O–H groups in total. The minimum atomic E-state index is -1.13. The number of rotatable bonds is 7. The number of carbonyl (C=O) groups excluding carboxylic acids is 2. The van der Waals surface area contributed by atoms with Crippen LogP contribution < -0.4 is 10.6 Å². The molecule has 1 aliphatic carbocycles. The molecule has 8 heteroatoms. The van der Waals surface area contributed by atoms with E-state index in [1.165, 1.54) is 12.1 Å². The molecule has 3 aromatic rings. The Morgan fingerprint density at radius 3 is 2.15 bits per heavy atom. The number of anilines is 1. The van der Waals surface area contributed by atoms with Crippen molar-refractivity contribution in [3.05, 3.63) is 83.6 Å². The lowest BCUT2D eigenvalue weighted by atomic mass is 9.98. The van der Waals surface area contributed by atoms with Gasteiger partial charge in [0.15, 0.2) is 0 Å². The Bertz CT molecular complexity index is 1190. The molecule has 0 unspecified atom stereocenters. The molecule has 2 amide bonds. The lowest BCUT2D eigenvalue weighted by Gasteiger charge is -2.17. The Hall–Kier alpha value is -4.20. The van der Waals surface area contributed by atoms with E-state index < -0.39 is 24.0 Å². The summed E-state index contributed by atoms with van der Waals surface area (Å²) in [4.78, 5) is 40.4. The Morgan fingerprint density at radius 2 is 1.56 bits per heavy atom. The Labute approximate surface area is 197 Å². The van der Waals surface area contributed by atoms with Gasteiger partial charge < -0.3 is 15.2 Å². The van der Waals surface area contributed by atoms with Crippen molar-refractivity contribution >= 4 is 23.8 Å². The number of nitrogens with zero attached hydrogens (tertiary/aromatic N) is 1. The number of aromatic nitrogens is 1. The highest BCUT2D eigenvalue weighted by Gasteiger charge is 2.29. The highest BCUT2D eigenvalue weighted by atomic mass is 16.5. The highest BCUT2D eigenvalue weighted by Crippen LogP contribution is 2.44. The molecule has 174 valence electrons. The second-order valence-corrected chi connectivity index (χ2v) is 8.39. The van der Waals surface area contributed by atoms with E-state index in [-0.39, 0.29) is 30.0 Å². The van der Waals surface area contributed by atoms with Crippen molar-refractivity contribution in [3.63, 3.8) is 0 Å². The first-order valence-electron chi connectivity index (χ1n) is 11.0. The van der Waals surface area contributed by atoms with Crippen molar-refractivity contribution in [2.45, 2.75) is 25.8 Å². The number of hydrogen-bond acceptors (Lipinski definition) is 5. The Balaban J connectivity index is 1.41. The summed E-state index contributed by atoms with van der Waals surface area (Å²) in [6.45, 7) is 3.54. The molecule has 2 aromatic carbocycles. The number of amides is 2. The molecule has 0 fully saturated rings. The van der Waals surface area contributed by atoms with E-state index in [2.05, 4.69) is 27.8 Å². The zero-order chi connectivity index (χ0) is 24.2. The third-order valence-corrected chi connectivity index (χ3v) is 5.77. The van der Waals surface area contributed by atoms with E-state index in [0.717, 1.165) is 22.3 Å². The van der Waals surface area contributed by atoms with Crippen LogP contribution in [-0.4, -0.2) is 40.7 Å². The molecule has 0 saturated carbocycles. The maximum Gasteiger partial charge on any atom is 0.412 e. The summed E-state index contributed by atoms with van der Waals surface area (Å²) in [6.07, 6.45) is -0.697. The number of hydrogen-bond donors (Lipinski definition) is 3. The van der Waals surface area contributed by atoms with Gasteiger partial charge in [-0.3, -0.25) is 10.1 Å². The van der Waals surface area contributed by atoms with Crippen LogP contribution in [0.5, 0.6) is 0 Å². The lowest BCUT2D eigenvalue weighted by Crippen LogP contribution is -2.44. The van der Waals surface area contributed by atoms with E-state index in [4.69, 9.17) is 4.74 Å². The van der Waals surface area contributed by atoms with Gasteiger partial charge in [-0.15, -0.1) is 0 Å². The molecule has 34 heavy (non-hydrogen) atoms. The molecule has 0 saturated heterocycles. The van der Waals surface area contributed by atoms with Crippen molar-refractivity contribution in [3.8, 4) is 11.1 Å². The van der Waals surface area contributed by atoms with Gasteiger partial charge in [-0.05, 0) is 40.3 Å². The number of ether oxygens (including phenoxy) is 1. The SMILES string of the molecule is CC(C)[C@H](NC(=O)c1cccc(NC(=O)OCC2c3ccccc3-c3ccccc32)n1)C(=O)O. The van der Waals surface area contributed by atoms with Gasteiger partial charge in [-0.1, -0.05) is 68.4 Å². The van der Waals surface area contributed by atoms with Crippen LogP contribution in [0.4, 0.5) is 10.6 Å². The minimum Gasteiger partial charge on any atom is -0.480 e. The summed E-state index contributed by atoms with van der Waals surface area (Å²) < 4.78 is 5.50. The molecule has 0 spiro atoms. The zero-order valence-corrected chi connectivity index (χ0v) is 18.8. The number of benzene rings is 2. The first kappa shape index (κ1) is 23.0. The quantitative estimate of drug-likeness (QED) is 0.485. The molecule has 0 radical (unpaired) electrons. The van der Waals surface area contributed by atoms with Crippen LogP contribution in [0.1, 0.15) is 41.4 Å². The predicted octanol–water partition coefficient (Wildman–Crippen LogP) is 4.28. The third kappa shape index (κ3) is 4.76. The summed E-state index contributed by atoms with van der Waals surface area (Å²) >= 11 is 0. The number of nitrogens with one attached hydrogen (secondary N) is 2. The van der Waals surface area contributed by atoms with Crippen LogP contribution in [-0.2, 0) is 9.53 Å². The van der Waals surface area contributed by atoms with Gasteiger partial charge >= 0.3 is 12.1 Å². The molecule has 1 atom stereocenters. The second-order valence-electron chi connectivity index (χ2n) is 8.39. The van der Waals surface area contributed by atoms with Crippen molar-refractivity contribution in [2.24, 2.45) is 5.92 Å². The van der Waals surface area contributed by atoms with Crippen molar-refractivity contribution in [1.29, 1.82) is 0 Å². The summed E-state index contributed by atoms with van der Waals surface area (Å²) in [7, 11) is 0. The molecule has 0 bridgehead atoms. The molecule has 1 aromatic heterocycles. The molecule has 1 heterocycles. The topological polar surface area (TPSA) is 118 Å². The second kappa shape index (κ2) is 9.74. The number of carbonyl (C=O) groups is 3. The fraction of sp³-hybridized carbons (Fsp3) is 0.231. The number of aliphatic carboxylic acids is 1. The Morgan fingerprint density at radius 1 is 0.941 bits per heavy atom. The highest BCUT2D eigenvalue weighted by molar-refractivity contribution is 5.95. The number of carboxylic acids is 1. The van der Waals surface area contributed by atoms with Gasteiger partial charge in [0.2, 0.25) is 0 Å². The fourth-order valence-corrected chi connectivity index (χ4v) is 4.10. The smallest absolute Gasteiger partial charge is 0.412 e. The van der Waals surface area contributed by atoms with Crippen LogP contribution in [0, 0.1) is 5.92 Å². The van der Waals surface area contributed by atoms with Gasteiger partial charge in [0, 0.05) is 5.92 Å². The molecule has 4 rings (SSSR count). The van der Waals surface area contributed by atoms with Gasteiger partial charge in [-0.2, -0.15) is 0 Å². The van der Waals surface area contributed by atoms with Crippen LogP contribution in [0.2, 0.25) is 0 Å². The molecule has 1 aliphatic rings. The van der Waals surface area contributed by atoms with Crippen LogP contribution in [0.3, 0.4) is 0 Å². The van der Waals surface area contributed by atoms with E-state index in [1.54, 1.807) is 19.9 Å². The minimum absolute atomic E-state index is 0.0108. The molecule has 8 nitrogen and oxygen atoms in total. The lowest BCUT2D eigenvalue weighted by molar-refractivity contribution is -0.140. The van der Waals surface area contributed by atoms with E-state index >= 15 is 0 Å². The van der Waals surface area contributed by atoms with Crippen molar-refractivity contribution in [1.82, 2.24) is 10.3 Å². The molecular weight excluding hydrogens is 434 g/mol. The largest absolute Gasteiger partial charge is 0.480 e. The average Bonchev–Trinajstić information content (AvgIpc) is 3.14. The van der Waals surface area contributed by atoms with E-state index in [1.807, 2.05) is 36.4 Å². The fourth-order valence-electron chi connectivity index (χ4n) is 4.10. The average molecular weight is 460 g/mol. The third-order valence-electron chi connectivity index (χ3n) is 5.77. The first-order valence-corrected chi connectivity index (χ1v) is 11.0. The maximum absolute atomic E-state index is 12.5. The van der Waals surface area contributed by atoms with Crippen molar-refractivity contribution in [2.75, 3.05) is 11.9 Å². The van der Waals surface area contributed by atoms with Crippen LogP contribution in [0.15, 0.2) is 66.7 Å². The number of fused-ring (bicyclic) bond motifs is 3. The Kier molecular flexibility index (Phi) is 6.58. The summed E-state index contributed by atoms with van der Waals surface area (Å²) in [5, 5.41) is 14.3. The van der Waals surface area contributed by atoms with Crippen LogP contribution in [0.25, 0.3) is 11.1 Å². The number of carboxylic acid groups (broad SMARTS) is 1. The van der Waals surface area contributed by atoms with Gasteiger partial charge in [-0.25, -0.2) is 14.6 Å². The summed E-state index contributed by atoms with van der Waals surface area (Å²) in [5.41, 5.74) is 4.46. The standard InChI is InChI=1S/C26H25N3O5/c1-15(2)23(25(31)32)29-24(30)21-12-7-13-22(27-21)28-26(33)34-14-20-18-10-5-3-8-16(18)17-9-4-6-11-19(17)20/h3-13,15,20,23H,14H2,1-2H3,(H,29,30)(H,31,32)(H,27,28,33)/t23-/m0/s1. The van der Waals surface area contributed by atoms with E-state index in [0.29, 0.717) is 0 Å². The predicted molar refractivity (Wildman–Crippen MR) is 127 cm³/mol. The van der Waals surface area contributed by atoms with Gasteiger partial charge in [0.25, 0.3) is 5.91 Å². The van der Waals surface area contributed by atoms with E-state index in [9.17, 15) is 19.5 Å². The maximum atomic E-state index is 12.5.